The van der Waals surface area contributed by atoms with Crippen LogP contribution in [0.5, 0.6) is 5.75 Å². The lowest BCUT2D eigenvalue weighted by atomic mass is 9.97. The Morgan fingerprint density at radius 3 is 2.66 bits per heavy atom. The van der Waals surface area contributed by atoms with Gasteiger partial charge in [0.05, 0.1) is 17.1 Å². The summed E-state index contributed by atoms with van der Waals surface area (Å²) in [5.41, 5.74) is 3.70. The molecule has 38 heavy (non-hydrogen) atoms. The van der Waals surface area contributed by atoms with Gasteiger partial charge in [0.25, 0.3) is 0 Å². The summed E-state index contributed by atoms with van der Waals surface area (Å²) in [6, 6.07) is 14.5. The van der Waals surface area contributed by atoms with E-state index >= 15 is 4.39 Å². The summed E-state index contributed by atoms with van der Waals surface area (Å²) in [7, 11) is -2.61. The van der Waals surface area contributed by atoms with Gasteiger partial charge < -0.3 is 13.9 Å². The van der Waals surface area contributed by atoms with E-state index in [0.29, 0.717) is 45.3 Å². The van der Waals surface area contributed by atoms with E-state index in [0.717, 1.165) is 11.3 Å². The Kier molecular flexibility index (Phi) is 4.92. The number of imidazole rings is 1. The van der Waals surface area contributed by atoms with E-state index in [-0.39, 0.29) is 17.8 Å². The fourth-order valence-corrected chi connectivity index (χ4v) is 6.60. The maximum Gasteiger partial charge on any atom is 0.387 e. The van der Waals surface area contributed by atoms with Gasteiger partial charge in [-0.15, -0.1) is 0 Å². The van der Waals surface area contributed by atoms with Crippen LogP contribution in [0.3, 0.4) is 0 Å². The number of alkyl halides is 2. The molecule has 0 fully saturated rings. The molecule has 0 spiro atoms. The first-order valence-electron chi connectivity index (χ1n) is 12.1. The zero-order chi connectivity index (χ0) is 26.3. The zero-order valence-corrected chi connectivity index (χ0v) is 21.2. The molecular weight excluding hydrogens is 514 g/mol. The predicted molar refractivity (Wildman–Crippen MR) is 137 cm³/mol. The molecule has 2 aromatic heterocycles. The van der Waals surface area contributed by atoms with Crippen molar-refractivity contribution in [2.24, 2.45) is 0 Å². The van der Waals surface area contributed by atoms with E-state index in [1.54, 1.807) is 42.3 Å². The minimum atomic E-state index is -2.99. The highest BCUT2D eigenvalue weighted by Gasteiger charge is 2.43. The first-order chi connectivity index (χ1) is 18.2. The quantitative estimate of drug-likeness (QED) is 0.270. The van der Waals surface area contributed by atoms with Gasteiger partial charge in [-0.05, 0) is 43.2 Å². The van der Waals surface area contributed by atoms with Crippen LogP contribution in [0, 0.1) is 5.82 Å². The van der Waals surface area contributed by atoms with E-state index in [4.69, 9.17) is 9.72 Å². The molecule has 7 nitrogen and oxygen atoms in total. The summed E-state index contributed by atoms with van der Waals surface area (Å²) in [6.45, 7) is 0.222. The second-order valence-corrected chi connectivity index (χ2v) is 13.2. The van der Waals surface area contributed by atoms with Gasteiger partial charge in [0.15, 0.2) is 5.82 Å². The monoisotopic (exact) mass is 535 g/mol. The Labute approximate surface area is 215 Å². The second kappa shape index (κ2) is 8.04. The van der Waals surface area contributed by atoms with E-state index in [2.05, 4.69) is 10.1 Å². The number of halogens is 3. The fourth-order valence-electron chi connectivity index (χ4n) is 5.75. The molecule has 0 radical (unpaired) electrons. The van der Waals surface area contributed by atoms with Gasteiger partial charge in [-0.1, -0.05) is 30.3 Å². The van der Waals surface area contributed by atoms with Crippen LogP contribution in [0.25, 0.3) is 33.5 Å². The molecule has 192 valence electrons. The van der Waals surface area contributed by atoms with Crippen LogP contribution < -0.4 is 10.0 Å². The molecule has 5 aromatic rings. The Hall–Kier alpha value is -3.91. The molecule has 7 rings (SSSR count). The van der Waals surface area contributed by atoms with Crippen LogP contribution >= 0.6 is 7.14 Å². The first kappa shape index (κ1) is 23.2. The average Bonchev–Trinajstić information content (AvgIpc) is 3.55. The summed E-state index contributed by atoms with van der Waals surface area (Å²) in [5.74, 6) is 0.902. The summed E-state index contributed by atoms with van der Waals surface area (Å²) < 4.78 is 63.2. The average molecular weight is 535 g/mol. The Balaban J connectivity index is 1.45. The molecule has 0 aliphatic carbocycles. The first-order valence-corrected chi connectivity index (χ1v) is 14.7. The van der Waals surface area contributed by atoms with Gasteiger partial charge in [0.2, 0.25) is 0 Å². The van der Waals surface area contributed by atoms with Crippen molar-refractivity contribution in [3.8, 4) is 28.3 Å². The molecule has 0 saturated heterocycles. The summed E-state index contributed by atoms with van der Waals surface area (Å²) >= 11 is 0. The van der Waals surface area contributed by atoms with Crippen LogP contribution in [-0.2, 0) is 4.57 Å². The normalized spacial score (nSPS) is 17.8. The number of rotatable bonds is 4. The van der Waals surface area contributed by atoms with Crippen molar-refractivity contribution >= 4 is 23.5 Å². The van der Waals surface area contributed by atoms with Crippen LogP contribution in [-0.4, -0.2) is 44.3 Å². The third-order valence-corrected chi connectivity index (χ3v) is 8.90. The topological polar surface area (TPSA) is 74.8 Å². The zero-order valence-electron chi connectivity index (χ0n) is 20.3. The standard InChI is InChI=1S/C27H21F3N5O2P/c1-38(2,36)15-7-8-16(18(28)11-15)14-6-9-19-20(10-14)34-21-12-22(26(34)33-19)35-25(31-13-32-35)17-4-3-5-23(24(17)21)37-27(29)30/h3-11,13,21-22,27H,12H2,1-2H3/t21-,22+/m1/s1. The third kappa shape index (κ3) is 3.36. The van der Waals surface area contributed by atoms with E-state index in [9.17, 15) is 13.3 Å². The van der Waals surface area contributed by atoms with E-state index in [1.807, 2.05) is 22.8 Å². The van der Waals surface area contributed by atoms with Crippen LogP contribution in [0.2, 0.25) is 0 Å². The molecule has 2 aliphatic heterocycles. The highest BCUT2D eigenvalue weighted by atomic mass is 31.2. The summed E-state index contributed by atoms with van der Waals surface area (Å²) in [5, 5.41) is 4.92. The number of hydrogen-bond acceptors (Lipinski definition) is 5. The van der Waals surface area contributed by atoms with Crippen LogP contribution in [0.1, 0.15) is 29.9 Å². The Bertz CT molecular complexity index is 1810. The molecular formula is C27H21F3N5O2P. The highest BCUT2D eigenvalue weighted by molar-refractivity contribution is 7.70. The molecule has 0 N–H and O–H groups in total. The maximum atomic E-state index is 15.2. The number of hydrogen-bond donors (Lipinski definition) is 0. The smallest absolute Gasteiger partial charge is 0.387 e. The number of fused-ring (bicyclic) bond motifs is 6. The van der Waals surface area contributed by atoms with E-state index < -0.39 is 19.6 Å². The van der Waals surface area contributed by atoms with Crippen molar-refractivity contribution in [1.29, 1.82) is 0 Å². The van der Waals surface area contributed by atoms with Gasteiger partial charge in [-0.2, -0.15) is 13.9 Å². The molecule has 0 saturated carbocycles. The molecule has 0 amide bonds. The Morgan fingerprint density at radius 1 is 1.05 bits per heavy atom. The summed E-state index contributed by atoms with van der Waals surface area (Å²) in [4.78, 5) is 9.30. The lowest BCUT2D eigenvalue weighted by Crippen LogP contribution is -2.14. The van der Waals surface area contributed by atoms with Crippen molar-refractivity contribution in [1.82, 2.24) is 24.3 Å². The number of ether oxygens (including phenoxy) is 1. The van der Waals surface area contributed by atoms with Crippen molar-refractivity contribution in [2.75, 3.05) is 13.3 Å². The number of benzene rings is 3. The molecule has 2 bridgehead atoms. The minimum absolute atomic E-state index is 0.0775. The molecule has 2 atom stereocenters. The molecule has 4 heterocycles. The third-order valence-electron chi connectivity index (χ3n) is 7.38. The fraction of sp³-hybridized carbons (Fsp3) is 0.222. The summed E-state index contributed by atoms with van der Waals surface area (Å²) in [6.07, 6.45) is 1.97. The maximum absolute atomic E-state index is 15.2. The van der Waals surface area contributed by atoms with Crippen LogP contribution in [0.4, 0.5) is 13.2 Å². The number of nitrogens with zero attached hydrogens (tertiary/aromatic N) is 5. The second-order valence-electron chi connectivity index (χ2n) is 9.95. The van der Waals surface area contributed by atoms with Crippen molar-refractivity contribution < 1.29 is 22.5 Å². The van der Waals surface area contributed by atoms with Gasteiger partial charge >= 0.3 is 6.61 Å². The minimum Gasteiger partial charge on any atom is -0.434 e. The molecule has 11 heteroatoms. The number of aromatic nitrogens is 5. The van der Waals surface area contributed by atoms with Gasteiger partial charge in [0, 0.05) is 28.4 Å². The van der Waals surface area contributed by atoms with Crippen molar-refractivity contribution in [3.05, 3.63) is 78.1 Å². The van der Waals surface area contributed by atoms with Crippen LogP contribution in [0.15, 0.2) is 60.9 Å². The van der Waals surface area contributed by atoms with Gasteiger partial charge in [-0.3, -0.25) is 0 Å². The van der Waals surface area contributed by atoms with Crippen molar-refractivity contribution in [3.63, 3.8) is 0 Å². The Morgan fingerprint density at radius 2 is 1.89 bits per heavy atom. The predicted octanol–water partition coefficient (Wildman–Crippen LogP) is 5.85. The van der Waals surface area contributed by atoms with Gasteiger partial charge in [0.1, 0.15) is 36.9 Å². The molecule has 3 aromatic carbocycles. The molecule has 2 aliphatic rings. The van der Waals surface area contributed by atoms with Gasteiger partial charge in [-0.25, -0.2) is 19.0 Å². The SMILES string of the molecule is CP(C)(=O)c1ccc(-c2ccc3nc4n(c3c2)[C@@H]2C[C@@H]4n3ncnc3-c3cccc(OC(F)F)c32)c(F)c1. The van der Waals surface area contributed by atoms with Crippen molar-refractivity contribution in [2.45, 2.75) is 25.1 Å². The largest absolute Gasteiger partial charge is 0.434 e. The lowest BCUT2D eigenvalue weighted by Gasteiger charge is -2.21. The highest BCUT2D eigenvalue weighted by Crippen LogP contribution is 2.51. The lowest BCUT2D eigenvalue weighted by molar-refractivity contribution is -0.0506. The van der Waals surface area contributed by atoms with E-state index in [1.165, 1.54) is 18.5 Å². The molecule has 0 unspecified atom stereocenters.